The highest BCUT2D eigenvalue weighted by Crippen LogP contribution is 2.19. The van der Waals surface area contributed by atoms with Gasteiger partial charge in [0.2, 0.25) is 0 Å². The standard InChI is InChI=1S/C10H6N2O2/c13-8-3-4-14-10-6(8)1-2-7-9(10)12-5-11-7/h1-5H,(H,11,12). The van der Waals surface area contributed by atoms with E-state index in [0.29, 0.717) is 16.5 Å². The van der Waals surface area contributed by atoms with Gasteiger partial charge in [-0.05, 0) is 12.1 Å². The zero-order chi connectivity index (χ0) is 9.54. The zero-order valence-electron chi connectivity index (χ0n) is 7.15. The van der Waals surface area contributed by atoms with E-state index in [1.54, 1.807) is 12.4 Å². The van der Waals surface area contributed by atoms with Crippen molar-refractivity contribution in [3.05, 3.63) is 41.0 Å². The molecule has 3 aromatic rings. The van der Waals surface area contributed by atoms with Crippen LogP contribution in [0.1, 0.15) is 0 Å². The second-order valence-electron chi connectivity index (χ2n) is 3.03. The van der Waals surface area contributed by atoms with Crippen molar-refractivity contribution in [3.63, 3.8) is 0 Å². The minimum absolute atomic E-state index is 0.0452. The SMILES string of the molecule is O=c1ccoc2c1ccc1[nH]cnc12. The topological polar surface area (TPSA) is 58.9 Å². The van der Waals surface area contributed by atoms with Crippen molar-refractivity contribution in [2.75, 3.05) is 0 Å². The molecule has 0 saturated heterocycles. The van der Waals surface area contributed by atoms with E-state index in [4.69, 9.17) is 4.42 Å². The summed E-state index contributed by atoms with van der Waals surface area (Å²) in [6.07, 6.45) is 2.97. The van der Waals surface area contributed by atoms with Gasteiger partial charge >= 0.3 is 0 Å². The Kier molecular flexibility index (Phi) is 1.28. The number of hydrogen-bond acceptors (Lipinski definition) is 3. The molecule has 1 aromatic carbocycles. The maximum absolute atomic E-state index is 11.4. The average Bonchev–Trinajstić information content (AvgIpc) is 2.66. The fraction of sp³-hybridized carbons (Fsp3) is 0. The fourth-order valence-corrected chi connectivity index (χ4v) is 1.55. The highest BCUT2D eigenvalue weighted by molar-refractivity contribution is 5.99. The van der Waals surface area contributed by atoms with Crippen LogP contribution in [-0.2, 0) is 0 Å². The summed E-state index contributed by atoms with van der Waals surface area (Å²) in [5.74, 6) is 0. The Morgan fingerprint density at radius 2 is 2.21 bits per heavy atom. The molecule has 0 spiro atoms. The van der Waals surface area contributed by atoms with Crippen LogP contribution in [-0.4, -0.2) is 9.97 Å². The minimum Gasteiger partial charge on any atom is -0.462 e. The van der Waals surface area contributed by atoms with E-state index < -0.39 is 0 Å². The van der Waals surface area contributed by atoms with Crippen LogP contribution in [0.3, 0.4) is 0 Å². The minimum atomic E-state index is -0.0452. The third-order valence-electron chi connectivity index (χ3n) is 2.22. The summed E-state index contributed by atoms with van der Waals surface area (Å²) in [6.45, 7) is 0. The van der Waals surface area contributed by atoms with Gasteiger partial charge in [0.05, 0.1) is 23.5 Å². The Balaban J connectivity index is 2.71. The third kappa shape index (κ3) is 0.821. The first-order valence-corrected chi connectivity index (χ1v) is 4.20. The molecule has 0 aliphatic heterocycles. The lowest BCUT2D eigenvalue weighted by Crippen LogP contribution is -1.97. The molecule has 0 amide bonds. The quantitative estimate of drug-likeness (QED) is 0.581. The van der Waals surface area contributed by atoms with Gasteiger partial charge in [-0.3, -0.25) is 4.79 Å². The molecule has 0 aliphatic rings. The van der Waals surface area contributed by atoms with E-state index in [9.17, 15) is 4.79 Å². The van der Waals surface area contributed by atoms with E-state index in [1.807, 2.05) is 6.07 Å². The van der Waals surface area contributed by atoms with Crippen LogP contribution < -0.4 is 5.43 Å². The first-order valence-electron chi connectivity index (χ1n) is 4.20. The van der Waals surface area contributed by atoms with Crippen LogP contribution in [0.25, 0.3) is 22.0 Å². The Hall–Kier alpha value is -2.10. The molecule has 4 heteroatoms. The molecule has 0 saturated carbocycles. The van der Waals surface area contributed by atoms with Crippen molar-refractivity contribution in [2.24, 2.45) is 0 Å². The summed E-state index contributed by atoms with van der Waals surface area (Å²) >= 11 is 0. The van der Waals surface area contributed by atoms with E-state index in [1.165, 1.54) is 12.3 Å². The van der Waals surface area contributed by atoms with Gasteiger partial charge in [-0.1, -0.05) is 0 Å². The van der Waals surface area contributed by atoms with Crippen LogP contribution in [0.2, 0.25) is 0 Å². The van der Waals surface area contributed by atoms with Gasteiger partial charge in [-0.2, -0.15) is 0 Å². The second kappa shape index (κ2) is 2.45. The van der Waals surface area contributed by atoms with Gasteiger partial charge < -0.3 is 9.40 Å². The number of fused-ring (bicyclic) bond motifs is 3. The summed E-state index contributed by atoms with van der Waals surface area (Å²) in [5.41, 5.74) is 2.06. The number of H-pyrrole nitrogens is 1. The molecule has 3 rings (SSSR count). The number of nitrogens with one attached hydrogen (secondary N) is 1. The van der Waals surface area contributed by atoms with Gasteiger partial charge in [0.15, 0.2) is 11.0 Å². The first kappa shape index (κ1) is 7.32. The lowest BCUT2D eigenvalue weighted by Gasteiger charge is -1.95. The molecule has 2 heterocycles. The third-order valence-corrected chi connectivity index (χ3v) is 2.22. The molecule has 0 fully saturated rings. The zero-order valence-corrected chi connectivity index (χ0v) is 7.15. The van der Waals surface area contributed by atoms with Crippen LogP contribution in [0, 0.1) is 0 Å². The lowest BCUT2D eigenvalue weighted by molar-refractivity contribution is 0.605. The van der Waals surface area contributed by atoms with Crippen molar-refractivity contribution in [2.45, 2.75) is 0 Å². The first-order chi connectivity index (χ1) is 6.86. The van der Waals surface area contributed by atoms with Crippen molar-refractivity contribution < 1.29 is 4.42 Å². The van der Waals surface area contributed by atoms with Crippen molar-refractivity contribution >= 4 is 22.0 Å². The van der Waals surface area contributed by atoms with E-state index in [2.05, 4.69) is 9.97 Å². The number of aromatic nitrogens is 2. The highest BCUT2D eigenvalue weighted by atomic mass is 16.3. The smallest absolute Gasteiger partial charge is 0.192 e. The monoisotopic (exact) mass is 186 g/mol. The number of aromatic amines is 1. The van der Waals surface area contributed by atoms with E-state index in [-0.39, 0.29) is 5.43 Å². The van der Waals surface area contributed by atoms with Gasteiger partial charge in [-0.25, -0.2) is 4.98 Å². The molecule has 14 heavy (non-hydrogen) atoms. The summed E-state index contributed by atoms with van der Waals surface area (Å²) in [5, 5.41) is 0.562. The summed E-state index contributed by atoms with van der Waals surface area (Å²) in [4.78, 5) is 18.5. The molecule has 4 nitrogen and oxygen atoms in total. The number of hydrogen-bond donors (Lipinski definition) is 1. The molecule has 0 radical (unpaired) electrons. The molecule has 0 bridgehead atoms. The summed E-state index contributed by atoms with van der Waals surface area (Å²) < 4.78 is 5.28. The molecule has 0 unspecified atom stereocenters. The Labute approximate surface area is 78.2 Å². The molecule has 2 aromatic heterocycles. The Morgan fingerprint density at radius 3 is 3.14 bits per heavy atom. The predicted octanol–water partition coefficient (Wildman–Crippen LogP) is 1.67. The largest absolute Gasteiger partial charge is 0.462 e. The maximum atomic E-state index is 11.4. The second-order valence-corrected chi connectivity index (χ2v) is 3.03. The molecule has 68 valence electrons. The van der Waals surface area contributed by atoms with Crippen LogP contribution in [0.4, 0.5) is 0 Å². The van der Waals surface area contributed by atoms with Crippen molar-refractivity contribution in [1.29, 1.82) is 0 Å². The Morgan fingerprint density at radius 1 is 1.29 bits per heavy atom. The maximum Gasteiger partial charge on any atom is 0.192 e. The molecule has 1 N–H and O–H groups in total. The van der Waals surface area contributed by atoms with E-state index in [0.717, 1.165) is 5.52 Å². The number of nitrogens with zero attached hydrogens (tertiary/aromatic N) is 1. The molecular weight excluding hydrogens is 180 g/mol. The van der Waals surface area contributed by atoms with Crippen molar-refractivity contribution in [1.82, 2.24) is 9.97 Å². The van der Waals surface area contributed by atoms with Gasteiger partial charge in [0.1, 0.15) is 5.52 Å². The molecule has 0 aliphatic carbocycles. The Bertz CT molecular complexity index is 666. The fourth-order valence-electron chi connectivity index (χ4n) is 1.55. The van der Waals surface area contributed by atoms with Gasteiger partial charge in [-0.15, -0.1) is 0 Å². The van der Waals surface area contributed by atoms with Crippen molar-refractivity contribution in [3.8, 4) is 0 Å². The highest BCUT2D eigenvalue weighted by Gasteiger charge is 2.06. The lowest BCUT2D eigenvalue weighted by atomic mass is 10.2. The number of imidazole rings is 1. The summed E-state index contributed by atoms with van der Waals surface area (Å²) in [6, 6.07) is 4.96. The van der Waals surface area contributed by atoms with Crippen LogP contribution in [0.15, 0.2) is 40.0 Å². The summed E-state index contributed by atoms with van der Waals surface area (Å²) in [7, 11) is 0. The van der Waals surface area contributed by atoms with Crippen LogP contribution in [0.5, 0.6) is 0 Å². The average molecular weight is 186 g/mol. The number of benzene rings is 1. The van der Waals surface area contributed by atoms with Gasteiger partial charge in [0, 0.05) is 6.07 Å². The van der Waals surface area contributed by atoms with Gasteiger partial charge in [0.25, 0.3) is 0 Å². The molecule has 0 atom stereocenters. The molecular formula is C10H6N2O2. The number of rotatable bonds is 0. The normalized spacial score (nSPS) is 11.1. The van der Waals surface area contributed by atoms with E-state index >= 15 is 0 Å². The predicted molar refractivity (Wildman–Crippen MR) is 52.1 cm³/mol. The van der Waals surface area contributed by atoms with Crippen LogP contribution >= 0.6 is 0 Å².